The Balaban J connectivity index is 1.68. The quantitative estimate of drug-likeness (QED) is 0.232. The summed E-state index contributed by atoms with van der Waals surface area (Å²) in [4.78, 5) is 8.67. The van der Waals surface area contributed by atoms with E-state index in [0.717, 1.165) is 33.2 Å². The first-order chi connectivity index (χ1) is 18.9. The minimum absolute atomic E-state index is 0.688. The van der Waals surface area contributed by atoms with Gasteiger partial charge >= 0.3 is 0 Å². The zero-order chi connectivity index (χ0) is 25.1. The standard InChI is InChI=1S/C34H21N3O/c1-3-11-25-23(9-1)24-10-2-4-12-26(24)28-14-6-8-16-31(28)37(30-15-7-5-13-27(25)30)22-17-18-32-29(19-22)34-33(38-32)20-35-21-36-34/h1-21H. The molecule has 178 valence electrons. The van der Waals surface area contributed by atoms with Gasteiger partial charge in [0.05, 0.1) is 17.2 Å². The van der Waals surface area contributed by atoms with Gasteiger partial charge in [-0.1, -0.05) is 84.9 Å². The molecule has 0 saturated carbocycles. The highest BCUT2D eigenvalue weighted by molar-refractivity contribution is 6.19. The van der Waals surface area contributed by atoms with Gasteiger partial charge in [0.15, 0.2) is 5.58 Å². The normalized spacial score (nSPS) is 11.7. The maximum atomic E-state index is 6.05. The topological polar surface area (TPSA) is 43.9 Å². The van der Waals surface area contributed by atoms with E-state index >= 15 is 0 Å². The van der Waals surface area contributed by atoms with Crippen molar-refractivity contribution in [3.63, 3.8) is 0 Å². The Morgan fingerprint density at radius 3 is 1.63 bits per heavy atom. The van der Waals surface area contributed by atoms with Crippen molar-refractivity contribution in [1.29, 1.82) is 0 Å². The van der Waals surface area contributed by atoms with Gasteiger partial charge in [-0.15, -0.1) is 0 Å². The molecule has 0 amide bonds. The average molecular weight is 488 g/mol. The van der Waals surface area contributed by atoms with Crippen LogP contribution in [0.3, 0.4) is 0 Å². The van der Waals surface area contributed by atoms with E-state index in [4.69, 9.17) is 4.42 Å². The molecule has 0 saturated heterocycles. The molecule has 4 nitrogen and oxygen atoms in total. The highest BCUT2D eigenvalue weighted by Crippen LogP contribution is 2.35. The number of hydrogen-bond acceptors (Lipinski definition) is 3. The van der Waals surface area contributed by atoms with E-state index in [1.165, 1.54) is 32.3 Å². The first-order valence-electron chi connectivity index (χ1n) is 12.7. The molecule has 0 spiro atoms. The second-order valence-electron chi connectivity index (χ2n) is 9.48. The number of para-hydroxylation sites is 2. The van der Waals surface area contributed by atoms with Gasteiger partial charge in [-0.25, -0.2) is 9.97 Å². The van der Waals surface area contributed by atoms with Gasteiger partial charge in [0.1, 0.15) is 17.4 Å². The number of aromatic nitrogens is 3. The Morgan fingerprint density at radius 1 is 0.500 bits per heavy atom. The zero-order valence-electron chi connectivity index (χ0n) is 20.4. The van der Waals surface area contributed by atoms with Gasteiger partial charge in [-0.3, -0.25) is 0 Å². The Bertz CT molecular complexity index is 2150. The molecule has 0 aliphatic rings. The zero-order valence-corrected chi connectivity index (χ0v) is 20.4. The molecule has 4 heteroatoms. The number of benzene rings is 5. The monoisotopic (exact) mass is 487 g/mol. The van der Waals surface area contributed by atoms with E-state index in [1.54, 1.807) is 12.5 Å². The summed E-state index contributed by atoms with van der Waals surface area (Å²) in [6.07, 6.45) is 3.30. The van der Waals surface area contributed by atoms with Crippen molar-refractivity contribution in [1.82, 2.24) is 14.5 Å². The number of furan rings is 1. The second kappa shape index (κ2) is 8.15. The van der Waals surface area contributed by atoms with Crippen molar-refractivity contribution < 1.29 is 4.42 Å². The number of rotatable bonds is 1. The maximum absolute atomic E-state index is 6.05. The van der Waals surface area contributed by atoms with Crippen LogP contribution in [-0.2, 0) is 0 Å². The Hall–Kier alpha value is -5.22. The van der Waals surface area contributed by atoms with Gasteiger partial charge in [0, 0.05) is 21.8 Å². The lowest BCUT2D eigenvalue weighted by molar-refractivity contribution is 0.665. The molecular formula is C34H21N3O. The third-order valence-corrected chi connectivity index (χ3v) is 7.39. The summed E-state index contributed by atoms with van der Waals surface area (Å²) in [5.41, 5.74) is 5.57. The highest BCUT2D eigenvalue weighted by Gasteiger charge is 2.13. The molecule has 5 aromatic carbocycles. The van der Waals surface area contributed by atoms with E-state index < -0.39 is 0 Å². The van der Waals surface area contributed by atoms with Crippen LogP contribution in [0.5, 0.6) is 0 Å². The van der Waals surface area contributed by atoms with Crippen LogP contribution in [0.2, 0.25) is 0 Å². The van der Waals surface area contributed by atoms with Crippen molar-refractivity contribution in [3.8, 4) is 5.69 Å². The van der Waals surface area contributed by atoms with E-state index in [0.29, 0.717) is 5.58 Å². The molecule has 0 radical (unpaired) electrons. The molecular weight excluding hydrogens is 466 g/mol. The van der Waals surface area contributed by atoms with Crippen molar-refractivity contribution in [2.75, 3.05) is 0 Å². The molecule has 8 aromatic rings. The predicted molar refractivity (Wildman–Crippen MR) is 156 cm³/mol. The Morgan fingerprint density at radius 2 is 1.03 bits per heavy atom. The summed E-state index contributed by atoms with van der Waals surface area (Å²) in [5.74, 6) is 0. The van der Waals surface area contributed by atoms with Crippen LogP contribution >= 0.6 is 0 Å². The largest absolute Gasteiger partial charge is 0.453 e. The van der Waals surface area contributed by atoms with Gasteiger partial charge in [0.2, 0.25) is 0 Å². The molecule has 38 heavy (non-hydrogen) atoms. The van der Waals surface area contributed by atoms with Crippen molar-refractivity contribution in [2.24, 2.45) is 0 Å². The first kappa shape index (κ1) is 20.9. The summed E-state index contributed by atoms with van der Waals surface area (Å²) in [6, 6.07) is 41.1. The second-order valence-corrected chi connectivity index (χ2v) is 9.48. The average Bonchev–Trinajstić information content (AvgIpc) is 3.37. The lowest BCUT2D eigenvalue weighted by Crippen LogP contribution is -1.97. The van der Waals surface area contributed by atoms with Gasteiger partial charge in [-0.05, 0) is 51.9 Å². The number of hydrogen-bond donors (Lipinski definition) is 0. The summed E-state index contributed by atoms with van der Waals surface area (Å²) < 4.78 is 8.41. The fourth-order valence-electron chi connectivity index (χ4n) is 5.75. The van der Waals surface area contributed by atoms with E-state index in [2.05, 4.69) is 124 Å². The van der Waals surface area contributed by atoms with Crippen LogP contribution in [0.25, 0.3) is 71.1 Å². The molecule has 3 heterocycles. The van der Waals surface area contributed by atoms with Crippen molar-refractivity contribution in [3.05, 3.63) is 128 Å². The third-order valence-electron chi connectivity index (χ3n) is 7.39. The van der Waals surface area contributed by atoms with Crippen LogP contribution in [-0.4, -0.2) is 14.5 Å². The molecule has 0 unspecified atom stereocenters. The fraction of sp³-hybridized carbons (Fsp3) is 0. The molecule has 0 aliphatic heterocycles. The summed E-state index contributed by atoms with van der Waals surface area (Å²) in [5, 5.41) is 8.17. The minimum atomic E-state index is 0.688. The molecule has 0 bridgehead atoms. The van der Waals surface area contributed by atoms with Crippen LogP contribution in [0, 0.1) is 0 Å². The SMILES string of the molecule is c1ccc2c(c1)c1ccccc1c1ccccc1n(-c1ccc3oc4cncnc4c3c1)c1ccccc21. The molecule has 8 rings (SSSR count). The molecule has 0 aliphatic carbocycles. The molecule has 0 fully saturated rings. The fourth-order valence-corrected chi connectivity index (χ4v) is 5.75. The number of fused-ring (bicyclic) bond motifs is 10. The van der Waals surface area contributed by atoms with Crippen LogP contribution in [0.4, 0.5) is 0 Å². The molecule has 0 N–H and O–H groups in total. The molecule has 0 atom stereocenters. The van der Waals surface area contributed by atoms with E-state index in [9.17, 15) is 0 Å². The minimum Gasteiger partial charge on any atom is -0.453 e. The lowest BCUT2D eigenvalue weighted by Gasteiger charge is -2.13. The van der Waals surface area contributed by atoms with Crippen LogP contribution < -0.4 is 0 Å². The predicted octanol–water partition coefficient (Wildman–Crippen LogP) is 8.90. The number of nitrogens with zero attached hydrogens (tertiary/aromatic N) is 3. The third kappa shape index (κ3) is 3.04. The van der Waals surface area contributed by atoms with Crippen LogP contribution in [0.1, 0.15) is 0 Å². The summed E-state index contributed by atoms with van der Waals surface area (Å²) in [7, 11) is 0. The Kier molecular flexibility index (Phi) is 4.49. The van der Waals surface area contributed by atoms with Crippen molar-refractivity contribution >= 4 is 65.4 Å². The van der Waals surface area contributed by atoms with Crippen molar-refractivity contribution in [2.45, 2.75) is 0 Å². The van der Waals surface area contributed by atoms with Gasteiger partial charge in [0.25, 0.3) is 0 Å². The van der Waals surface area contributed by atoms with E-state index in [1.807, 2.05) is 6.07 Å². The van der Waals surface area contributed by atoms with Gasteiger partial charge in [-0.2, -0.15) is 0 Å². The molecule has 3 aromatic heterocycles. The van der Waals surface area contributed by atoms with Crippen LogP contribution in [0.15, 0.2) is 132 Å². The summed E-state index contributed by atoms with van der Waals surface area (Å²) >= 11 is 0. The Labute approximate surface area is 217 Å². The highest BCUT2D eigenvalue weighted by atomic mass is 16.3. The summed E-state index contributed by atoms with van der Waals surface area (Å²) in [6.45, 7) is 0. The van der Waals surface area contributed by atoms with Gasteiger partial charge < -0.3 is 8.98 Å². The maximum Gasteiger partial charge on any atom is 0.172 e. The smallest absolute Gasteiger partial charge is 0.172 e. The van der Waals surface area contributed by atoms with E-state index in [-0.39, 0.29) is 0 Å². The first-order valence-corrected chi connectivity index (χ1v) is 12.7. The lowest BCUT2D eigenvalue weighted by atomic mass is 10.0.